The lowest BCUT2D eigenvalue weighted by Crippen LogP contribution is -2.34. The van der Waals surface area contributed by atoms with Crippen LogP contribution in [0.4, 0.5) is 10.1 Å². The van der Waals surface area contributed by atoms with Gasteiger partial charge >= 0.3 is 0 Å². The van der Waals surface area contributed by atoms with Crippen molar-refractivity contribution in [3.05, 3.63) is 65.5 Å². The molecule has 0 aliphatic carbocycles. The lowest BCUT2D eigenvalue weighted by molar-refractivity contribution is 0.0972. The second-order valence-corrected chi connectivity index (χ2v) is 4.93. The molecule has 0 aromatic heterocycles. The zero-order valence-corrected chi connectivity index (χ0v) is 12.5. The summed E-state index contributed by atoms with van der Waals surface area (Å²) in [5.41, 5.74) is 1.11. The molecule has 0 atom stereocenters. The standard InChI is InChI=1S/C16H13FN2O2S/c1-10(20)11-6-8-12(9-7-11)18-16(22)19-15(21)13-4-2-3-5-14(13)17/h2-9H,1H3,(H2,18,19,21,22). The van der Waals surface area contributed by atoms with Crippen LogP contribution in [0, 0.1) is 5.82 Å². The lowest BCUT2D eigenvalue weighted by Gasteiger charge is -2.10. The van der Waals surface area contributed by atoms with Crippen LogP contribution in [-0.4, -0.2) is 16.8 Å². The van der Waals surface area contributed by atoms with Crippen molar-refractivity contribution in [1.29, 1.82) is 0 Å². The molecule has 0 aliphatic heterocycles. The van der Waals surface area contributed by atoms with E-state index in [1.54, 1.807) is 30.3 Å². The Hall–Kier alpha value is -2.60. The van der Waals surface area contributed by atoms with Crippen LogP contribution in [0.3, 0.4) is 0 Å². The number of anilines is 1. The van der Waals surface area contributed by atoms with Crippen molar-refractivity contribution in [2.45, 2.75) is 6.92 Å². The van der Waals surface area contributed by atoms with Crippen LogP contribution < -0.4 is 10.6 Å². The third-order valence-electron chi connectivity index (χ3n) is 2.89. The maximum Gasteiger partial charge on any atom is 0.260 e. The Bertz CT molecular complexity index is 729. The highest BCUT2D eigenvalue weighted by Crippen LogP contribution is 2.10. The van der Waals surface area contributed by atoms with Gasteiger partial charge in [0.25, 0.3) is 5.91 Å². The topological polar surface area (TPSA) is 58.2 Å². The normalized spacial score (nSPS) is 9.91. The number of thiocarbonyl (C=S) groups is 1. The van der Waals surface area contributed by atoms with Gasteiger partial charge in [-0.05, 0) is 55.5 Å². The van der Waals surface area contributed by atoms with E-state index < -0.39 is 11.7 Å². The van der Waals surface area contributed by atoms with Gasteiger partial charge in [-0.25, -0.2) is 4.39 Å². The van der Waals surface area contributed by atoms with Crippen molar-refractivity contribution < 1.29 is 14.0 Å². The molecule has 22 heavy (non-hydrogen) atoms. The summed E-state index contributed by atoms with van der Waals surface area (Å²) >= 11 is 5.01. The Kier molecular flexibility index (Phi) is 4.95. The molecule has 4 nitrogen and oxygen atoms in total. The highest BCUT2D eigenvalue weighted by Gasteiger charge is 2.12. The molecule has 112 valence electrons. The molecule has 2 N–H and O–H groups in total. The molecule has 2 aromatic rings. The van der Waals surface area contributed by atoms with Crippen molar-refractivity contribution in [3.63, 3.8) is 0 Å². The molecule has 0 radical (unpaired) electrons. The molecule has 1 amide bonds. The summed E-state index contributed by atoms with van der Waals surface area (Å²) in [6, 6.07) is 12.3. The smallest absolute Gasteiger partial charge is 0.260 e. The highest BCUT2D eigenvalue weighted by atomic mass is 32.1. The molecular weight excluding hydrogens is 303 g/mol. The SMILES string of the molecule is CC(=O)c1ccc(NC(=S)NC(=O)c2ccccc2F)cc1. The van der Waals surface area contributed by atoms with Crippen molar-refractivity contribution in [2.24, 2.45) is 0 Å². The van der Waals surface area contributed by atoms with Crippen LogP contribution >= 0.6 is 12.2 Å². The van der Waals surface area contributed by atoms with Gasteiger partial charge in [-0.2, -0.15) is 0 Å². The van der Waals surface area contributed by atoms with E-state index in [1.807, 2.05) is 0 Å². The van der Waals surface area contributed by atoms with E-state index in [9.17, 15) is 14.0 Å². The Morgan fingerprint density at radius 2 is 1.68 bits per heavy atom. The van der Waals surface area contributed by atoms with Crippen molar-refractivity contribution in [1.82, 2.24) is 5.32 Å². The summed E-state index contributed by atoms with van der Waals surface area (Å²) in [6.45, 7) is 1.47. The zero-order chi connectivity index (χ0) is 16.1. The van der Waals surface area contributed by atoms with Gasteiger partial charge in [-0.3, -0.25) is 14.9 Å². The average Bonchev–Trinajstić information content (AvgIpc) is 2.48. The second kappa shape index (κ2) is 6.91. The number of hydrogen-bond acceptors (Lipinski definition) is 3. The van der Waals surface area contributed by atoms with Gasteiger partial charge in [0.2, 0.25) is 0 Å². The van der Waals surface area contributed by atoms with E-state index in [2.05, 4.69) is 10.6 Å². The van der Waals surface area contributed by atoms with Crippen molar-refractivity contribution in [2.75, 3.05) is 5.32 Å². The van der Waals surface area contributed by atoms with Gasteiger partial charge in [0.05, 0.1) is 5.56 Å². The summed E-state index contributed by atoms with van der Waals surface area (Å²) in [5, 5.41) is 5.24. The summed E-state index contributed by atoms with van der Waals surface area (Å²) in [5.74, 6) is -1.29. The van der Waals surface area contributed by atoms with E-state index in [-0.39, 0.29) is 16.5 Å². The predicted molar refractivity (Wildman–Crippen MR) is 86.5 cm³/mol. The maximum absolute atomic E-state index is 13.5. The van der Waals surface area contributed by atoms with Crippen LogP contribution in [0.25, 0.3) is 0 Å². The molecule has 0 aliphatic rings. The number of amides is 1. The van der Waals surface area contributed by atoms with Gasteiger partial charge < -0.3 is 5.32 Å². The number of halogens is 1. The first-order chi connectivity index (χ1) is 10.5. The molecule has 2 aromatic carbocycles. The third kappa shape index (κ3) is 3.95. The Balaban J connectivity index is 1.99. The number of Topliss-reactive ketones (excluding diaryl/α,β-unsaturated/α-hetero) is 1. The van der Waals surface area contributed by atoms with E-state index in [0.29, 0.717) is 11.3 Å². The molecule has 0 unspecified atom stereocenters. The fourth-order valence-corrected chi connectivity index (χ4v) is 1.98. The Morgan fingerprint density at radius 1 is 1.05 bits per heavy atom. The third-order valence-corrected chi connectivity index (χ3v) is 3.10. The van der Waals surface area contributed by atoms with E-state index in [1.165, 1.54) is 25.1 Å². The minimum Gasteiger partial charge on any atom is -0.332 e. The summed E-state index contributed by atoms with van der Waals surface area (Å²) in [4.78, 5) is 23.1. The van der Waals surface area contributed by atoms with Gasteiger partial charge in [0.15, 0.2) is 10.9 Å². The van der Waals surface area contributed by atoms with Crippen molar-refractivity contribution in [3.8, 4) is 0 Å². The first-order valence-corrected chi connectivity index (χ1v) is 6.86. The lowest BCUT2D eigenvalue weighted by atomic mass is 10.1. The number of carbonyl (C=O) groups excluding carboxylic acids is 2. The van der Waals surface area contributed by atoms with Gasteiger partial charge in [-0.15, -0.1) is 0 Å². The van der Waals surface area contributed by atoms with Gasteiger partial charge in [0, 0.05) is 11.3 Å². The highest BCUT2D eigenvalue weighted by molar-refractivity contribution is 7.80. The minimum atomic E-state index is -0.629. The maximum atomic E-state index is 13.5. The molecule has 0 fully saturated rings. The summed E-state index contributed by atoms with van der Waals surface area (Å²) in [6.07, 6.45) is 0. The first-order valence-electron chi connectivity index (χ1n) is 6.45. The van der Waals surface area contributed by atoms with Gasteiger partial charge in [-0.1, -0.05) is 12.1 Å². The molecule has 0 heterocycles. The van der Waals surface area contributed by atoms with Gasteiger partial charge in [0.1, 0.15) is 5.82 Å². The van der Waals surface area contributed by atoms with Crippen LogP contribution in [-0.2, 0) is 0 Å². The molecule has 0 bridgehead atoms. The average molecular weight is 316 g/mol. The molecule has 0 saturated carbocycles. The largest absolute Gasteiger partial charge is 0.332 e. The fourth-order valence-electron chi connectivity index (χ4n) is 1.77. The number of rotatable bonds is 3. The Labute approximate surface area is 132 Å². The molecular formula is C16H13FN2O2S. The van der Waals surface area contributed by atoms with Crippen LogP contribution in [0.15, 0.2) is 48.5 Å². The quantitative estimate of drug-likeness (QED) is 0.674. The number of benzene rings is 2. The number of nitrogens with one attached hydrogen (secondary N) is 2. The van der Waals surface area contributed by atoms with Crippen LogP contribution in [0.5, 0.6) is 0 Å². The summed E-state index contributed by atoms with van der Waals surface area (Å²) in [7, 11) is 0. The zero-order valence-electron chi connectivity index (χ0n) is 11.7. The second-order valence-electron chi connectivity index (χ2n) is 4.52. The molecule has 2 rings (SSSR count). The molecule has 6 heteroatoms. The number of hydrogen-bond donors (Lipinski definition) is 2. The first kappa shape index (κ1) is 15.8. The number of carbonyl (C=O) groups is 2. The Morgan fingerprint density at radius 3 is 2.27 bits per heavy atom. The molecule has 0 saturated heterocycles. The van der Waals surface area contributed by atoms with E-state index >= 15 is 0 Å². The molecule has 0 spiro atoms. The monoisotopic (exact) mass is 316 g/mol. The van der Waals surface area contributed by atoms with Crippen molar-refractivity contribution >= 4 is 34.7 Å². The minimum absolute atomic E-state index is 0.0398. The number of ketones is 1. The summed E-state index contributed by atoms with van der Waals surface area (Å²) < 4.78 is 13.5. The van der Waals surface area contributed by atoms with Crippen LogP contribution in [0.1, 0.15) is 27.6 Å². The fraction of sp³-hybridized carbons (Fsp3) is 0.0625. The van der Waals surface area contributed by atoms with E-state index in [4.69, 9.17) is 12.2 Å². The van der Waals surface area contributed by atoms with Crippen LogP contribution in [0.2, 0.25) is 0 Å². The predicted octanol–water partition coefficient (Wildman–Crippen LogP) is 3.16. The van der Waals surface area contributed by atoms with E-state index in [0.717, 1.165) is 0 Å².